The zero-order valence-electron chi connectivity index (χ0n) is 12.6. The van der Waals surface area contributed by atoms with Crippen LogP contribution in [0.4, 0.5) is 0 Å². The Morgan fingerprint density at radius 1 is 1.36 bits per heavy atom. The summed E-state index contributed by atoms with van der Waals surface area (Å²) in [5, 5.41) is 4.02. The van der Waals surface area contributed by atoms with Crippen molar-refractivity contribution in [3.8, 4) is 5.75 Å². The fraction of sp³-hybridized carbons (Fsp3) is 0.562. The van der Waals surface area contributed by atoms with Gasteiger partial charge in [-0.15, -0.1) is 12.4 Å². The first-order valence-electron chi connectivity index (χ1n) is 7.60. The maximum Gasteiger partial charge on any atom is 0.263 e. The van der Waals surface area contributed by atoms with Gasteiger partial charge < -0.3 is 15.0 Å². The highest BCUT2D eigenvalue weighted by Gasteiger charge is 2.40. The van der Waals surface area contributed by atoms with E-state index in [1.807, 2.05) is 19.1 Å². The third-order valence-corrected chi connectivity index (χ3v) is 4.60. The van der Waals surface area contributed by atoms with Crippen molar-refractivity contribution in [2.45, 2.75) is 44.4 Å². The minimum absolute atomic E-state index is 0. The number of hydrogen-bond acceptors (Lipinski definition) is 3. The van der Waals surface area contributed by atoms with Gasteiger partial charge in [0.1, 0.15) is 5.75 Å². The molecule has 22 heavy (non-hydrogen) atoms. The number of halogens is 2. The molecule has 122 valence electrons. The van der Waals surface area contributed by atoms with Crippen molar-refractivity contribution in [1.29, 1.82) is 0 Å². The highest BCUT2D eigenvalue weighted by Crippen LogP contribution is 2.29. The first-order chi connectivity index (χ1) is 10.1. The molecule has 1 amide bonds. The average Bonchev–Trinajstić information content (AvgIpc) is 2.71. The zero-order chi connectivity index (χ0) is 14.8. The van der Waals surface area contributed by atoms with E-state index < -0.39 is 6.10 Å². The predicted molar refractivity (Wildman–Crippen MR) is 89.9 cm³/mol. The van der Waals surface area contributed by atoms with Gasteiger partial charge in [-0.1, -0.05) is 17.7 Å². The average molecular weight is 345 g/mol. The second-order valence-electron chi connectivity index (χ2n) is 5.84. The number of amides is 1. The van der Waals surface area contributed by atoms with Crippen molar-refractivity contribution in [3.63, 3.8) is 0 Å². The Hall–Kier alpha value is -0.970. The molecule has 2 heterocycles. The van der Waals surface area contributed by atoms with Gasteiger partial charge in [0.05, 0.1) is 0 Å². The van der Waals surface area contributed by atoms with E-state index in [0.29, 0.717) is 22.9 Å². The number of benzene rings is 1. The molecular weight excluding hydrogens is 323 g/mol. The number of hydrogen-bond donors (Lipinski definition) is 1. The van der Waals surface area contributed by atoms with E-state index >= 15 is 0 Å². The lowest BCUT2D eigenvalue weighted by molar-refractivity contribution is -0.140. The summed E-state index contributed by atoms with van der Waals surface area (Å²) in [6.07, 6.45) is 2.76. The minimum atomic E-state index is -0.482. The van der Waals surface area contributed by atoms with Crippen molar-refractivity contribution in [2.75, 3.05) is 13.1 Å². The summed E-state index contributed by atoms with van der Waals surface area (Å²) in [6.45, 7) is 3.71. The van der Waals surface area contributed by atoms with E-state index in [-0.39, 0.29) is 18.3 Å². The molecule has 2 aliphatic rings. The standard InChI is InChI=1S/C16H21ClN2O2.ClH/c1-11(21-15-4-2-3-12(17)9-15)16(20)19-13-5-6-14(19)10-18-8-7-13;/h2-4,9,11,13-14,18H,5-8,10H2,1H3;1H. The maximum atomic E-state index is 12.7. The van der Waals surface area contributed by atoms with Crippen LogP contribution in [0.1, 0.15) is 26.2 Å². The Kier molecular flexibility index (Phi) is 5.95. The third kappa shape index (κ3) is 3.67. The summed E-state index contributed by atoms with van der Waals surface area (Å²) in [5.74, 6) is 0.731. The molecule has 2 bridgehead atoms. The minimum Gasteiger partial charge on any atom is -0.481 e. The summed E-state index contributed by atoms with van der Waals surface area (Å²) in [6, 6.07) is 7.87. The second kappa shape index (κ2) is 7.53. The van der Waals surface area contributed by atoms with Gasteiger partial charge in [0.15, 0.2) is 6.10 Å². The lowest BCUT2D eigenvalue weighted by Gasteiger charge is -2.30. The Bertz CT molecular complexity index is 513. The normalized spacial score (nSPS) is 25.1. The van der Waals surface area contributed by atoms with E-state index in [4.69, 9.17) is 16.3 Å². The molecular formula is C16H22Cl2N2O2. The molecule has 3 rings (SSSR count). The van der Waals surface area contributed by atoms with Gasteiger partial charge in [-0.3, -0.25) is 4.79 Å². The number of fused-ring (bicyclic) bond motifs is 2. The van der Waals surface area contributed by atoms with Crippen LogP contribution in [0.2, 0.25) is 5.02 Å². The second-order valence-corrected chi connectivity index (χ2v) is 6.28. The summed E-state index contributed by atoms with van der Waals surface area (Å²) in [4.78, 5) is 14.8. The molecule has 0 aromatic heterocycles. The molecule has 6 heteroatoms. The highest BCUT2D eigenvalue weighted by molar-refractivity contribution is 6.30. The van der Waals surface area contributed by atoms with Gasteiger partial charge in [0.2, 0.25) is 0 Å². The molecule has 1 aromatic carbocycles. The molecule has 3 atom stereocenters. The predicted octanol–water partition coefficient (Wildman–Crippen LogP) is 2.88. The van der Waals surface area contributed by atoms with Crippen LogP contribution in [-0.4, -0.2) is 42.1 Å². The smallest absolute Gasteiger partial charge is 0.263 e. The van der Waals surface area contributed by atoms with Gasteiger partial charge in [-0.05, 0) is 50.9 Å². The SMILES string of the molecule is CC(Oc1cccc(Cl)c1)C(=O)N1C2CCNCC1CC2.Cl. The maximum absolute atomic E-state index is 12.7. The van der Waals surface area contributed by atoms with Crippen LogP contribution in [0.15, 0.2) is 24.3 Å². The van der Waals surface area contributed by atoms with Gasteiger partial charge in [0.25, 0.3) is 5.91 Å². The lowest BCUT2D eigenvalue weighted by Crippen LogP contribution is -2.48. The van der Waals surface area contributed by atoms with Crippen LogP contribution in [0, 0.1) is 0 Å². The molecule has 2 fully saturated rings. The Morgan fingerprint density at radius 2 is 2.14 bits per heavy atom. The van der Waals surface area contributed by atoms with Crippen LogP contribution in [0.3, 0.4) is 0 Å². The first kappa shape index (κ1) is 17.4. The van der Waals surface area contributed by atoms with E-state index in [2.05, 4.69) is 10.2 Å². The van der Waals surface area contributed by atoms with Crippen LogP contribution >= 0.6 is 24.0 Å². The molecule has 1 aromatic rings. The summed E-state index contributed by atoms with van der Waals surface area (Å²) < 4.78 is 5.78. The molecule has 2 aliphatic heterocycles. The molecule has 4 nitrogen and oxygen atoms in total. The number of rotatable bonds is 3. The van der Waals surface area contributed by atoms with Crippen LogP contribution in [0.5, 0.6) is 5.75 Å². The largest absolute Gasteiger partial charge is 0.481 e. The highest BCUT2D eigenvalue weighted by atomic mass is 35.5. The van der Waals surface area contributed by atoms with E-state index in [0.717, 1.165) is 32.4 Å². The Morgan fingerprint density at radius 3 is 2.91 bits per heavy atom. The van der Waals surface area contributed by atoms with Crippen LogP contribution < -0.4 is 10.1 Å². The van der Waals surface area contributed by atoms with Gasteiger partial charge in [-0.2, -0.15) is 0 Å². The first-order valence-corrected chi connectivity index (χ1v) is 7.98. The van der Waals surface area contributed by atoms with Crippen molar-refractivity contribution < 1.29 is 9.53 Å². The third-order valence-electron chi connectivity index (χ3n) is 4.37. The van der Waals surface area contributed by atoms with E-state index in [1.54, 1.807) is 12.1 Å². The topological polar surface area (TPSA) is 41.6 Å². The summed E-state index contributed by atoms with van der Waals surface area (Å²) >= 11 is 5.95. The van der Waals surface area contributed by atoms with Crippen LogP contribution in [-0.2, 0) is 4.79 Å². The summed E-state index contributed by atoms with van der Waals surface area (Å²) in [7, 11) is 0. The number of carbonyl (C=O) groups is 1. The van der Waals surface area contributed by atoms with Gasteiger partial charge >= 0.3 is 0 Å². The van der Waals surface area contributed by atoms with E-state index in [1.165, 1.54) is 0 Å². The van der Waals surface area contributed by atoms with Crippen molar-refractivity contribution in [3.05, 3.63) is 29.3 Å². The fourth-order valence-electron chi connectivity index (χ4n) is 3.35. The molecule has 0 saturated carbocycles. The van der Waals surface area contributed by atoms with E-state index in [9.17, 15) is 4.79 Å². The summed E-state index contributed by atoms with van der Waals surface area (Å²) in [5.41, 5.74) is 0. The molecule has 1 N–H and O–H groups in total. The van der Waals surface area contributed by atoms with Gasteiger partial charge in [-0.25, -0.2) is 0 Å². The fourth-order valence-corrected chi connectivity index (χ4v) is 3.53. The molecule has 0 aliphatic carbocycles. The molecule has 2 saturated heterocycles. The number of carbonyl (C=O) groups excluding carboxylic acids is 1. The Balaban J connectivity index is 0.00000176. The number of nitrogens with one attached hydrogen (secondary N) is 1. The molecule has 3 unspecified atom stereocenters. The van der Waals surface area contributed by atoms with Crippen molar-refractivity contribution in [1.82, 2.24) is 10.2 Å². The Labute approximate surface area is 142 Å². The van der Waals surface area contributed by atoms with Gasteiger partial charge in [0, 0.05) is 23.7 Å². The number of nitrogens with zero attached hydrogens (tertiary/aromatic N) is 1. The quantitative estimate of drug-likeness (QED) is 0.916. The monoisotopic (exact) mass is 344 g/mol. The van der Waals surface area contributed by atoms with Crippen molar-refractivity contribution >= 4 is 29.9 Å². The molecule has 0 radical (unpaired) electrons. The van der Waals surface area contributed by atoms with Crippen LogP contribution in [0.25, 0.3) is 0 Å². The van der Waals surface area contributed by atoms with Crippen molar-refractivity contribution in [2.24, 2.45) is 0 Å². The number of ether oxygens (including phenoxy) is 1. The zero-order valence-corrected chi connectivity index (χ0v) is 14.2. The molecule has 0 spiro atoms. The lowest BCUT2D eigenvalue weighted by atomic mass is 10.1.